The lowest BCUT2D eigenvalue weighted by Crippen LogP contribution is -2.56. The molecule has 0 aliphatic heterocycles. The minimum atomic E-state index is -1.00. The molecule has 5 heteroatoms. The van der Waals surface area contributed by atoms with Crippen LogP contribution in [0.3, 0.4) is 0 Å². The molecule has 0 bridgehead atoms. The molecule has 1 aliphatic carbocycles. The minimum Gasteiger partial charge on any atom is -0.459 e. The van der Waals surface area contributed by atoms with Gasteiger partial charge in [-0.25, -0.2) is 9.59 Å². The largest absolute Gasteiger partial charge is 0.459 e. The van der Waals surface area contributed by atoms with E-state index in [0.717, 1.165) is 31.2 Å². The summed E-state index contributed by atoms with van der Waals surface area (Å²) < 4.78 is 11.0. The van der Waals surface area contributed by atoms with Crippen LogP contribution in [-0.2, 0) is 20.9 Å². The molecule has 1 aliphatic rings. The molecule has 1 aromatic rings. The molecule has 0 spiro atoms. The van der Waals surface area contributed by atoms with Gasteiger partial charge in [-0.1, -0.05) is 90.1 Å². The van der Waals surface area contributed by atoms with Gasteiger partial charge in [0.1, 0.15) is 17.7 Å². The summed E-state index contributed by atoms with van der Waals surface area (Å²) in [6.07, 6.45) is 5.66. The molecule has 172 valence electrons. The standard InChI is InChI=1S/C21H31NO4.2C2H6/c1-20(2,3)26-19(24)22-21(14-10-5-4-6-11-15-21)18(23)25-16-17-12-8-7-9-13-17;2*1-2/h7-9,12-13H,4-6,10-11,14-16H2,1-3H3,(H,22,24);2*1-2H3. The molecule has 30 heavy (non-hydrogen) atoms. The number of carbonyl (C=O) groups excluding carboxylic acids is 2. The normalized spacial score (nSPS) is 15.6. The summed E-state index contributed by atoms with van der Waals surface area (Å²) in [7, 11) is 0. The first kappa shape index (κ1) is 28.0. The molecule has 0 radical (unpaired) electrons. The molecule has 0 saturated heterocycles. The Kier molecular flexibility index (Phi) is 13.9. The van der Waals surface area contributed by atoms with E-state index in [-0.39, 0.29) is 12.6 Å². The highest BCUT2D eigenvalue weighted by Gasteiger charge is 2.42. The van der Waals surface area contributed by atoms with Crippen LogP contribution in [0.2, 0.25) is 0 Å². The summed E-state index contributed by atoms with van der Waals surface area (Å²) >= 11 is 0. The number of hydrogen-bond acceptors (Lipinski definition) is 4. The van der Waals surface area contributed by atoms with Gasteiger partial charge in [-0.2, -0.15) is 0 Å². The van der Waals surface area contributed by atoms with E-state index in [4.69, 9.17) is 9.47 Å². The van der Waals surface area contributed by atoms with E-state index in [9.17, 15) is 9.59 Å². The van der Waals surface area contributed by atoms with Gasteiger partial charge in [-0.15, -0.1) is 0 Å². The number of alkyl carbamates (subject to hydrolysis) is 1. The zero-order valence-electron chi connectivity index (χ0n) is 20.2. The Labute approximate surface area is 183 Å². The number of benzene rings is 1. The summed E-state index contributed by atoms with van der Waals surface area (Å²) in [5.41, 5.74) is -0.683. The molecule has 1 saturated carbocycles. The molecular formula is C25H43NO4. The van der Waals surface area contributed by atoms with Crippen LogP contribution in [0.5, 0.6) is 0 Å². The molecule has 0 atom stereocenters. The maximum Gasteiger partial charge on any atom is 0.408 e. The van der Waals surface area contributed by atoms with Crippen LogP contribution < -0.4 is 5.32 Å². The van der Waals surface area contributed by atoms with E-state index < -0.39 is 17.2 Å². The van der Waals surface area contributed by atoms with Crippen molar-refractivity contribution in [2.45, 2.75) is 111 Å². The van der Waals surface area contributed by atoms with Crippen molar-refractivity contribution in [2.75, 3.05) is 0 Å². The van der Waals surface area contributed by atoms with Crippen LogP contribution in [0.15, 0.2) is 30.3 Å². The molecule has 5 nitrogen and oxygen atoms in total. The Morgan fingerprint density at radius 2 is 1.40 bits per heavy atom. The van der Waals surface area contributed by atoms with Gasteiger partial charge in [0, 0.05) is 0 Å². The third kappa shape index (κ3) is 10.7. The Morgan fingerprint density at radius 1 is 0.900 bits per heavy atom. The summed E-state index contributed by atoms with van der Waals surface area (Å²) in [5.74, 6) is -0.367. The van der Waals surface area contributed by atoms with Gasteiger partial charge in [0.05, 0.1) is 0 Å². The van der Waals surface area contributed by atoms with Crippen LogP contribution in [0, 0.1) is 0 Å². The predicted molar refractivity (Wildman–Crippen MR) is 123 cm³/mol. The number of ether oxygens (including phenoxy) is 2. The van der Waals surface area contributed by atoms with Gasteiger partial charge < -0.3 is 14.8 Å². The monoisotopic (exact) mass is 421 g/mol. The van der Waals surface area contributed by atoms with E-state index in [1.807, 2.05) is 78.8 Å². The summed E-state index contributed by atoms with van der Waals surface area (Å²) in [6, 6.07) is 9.58. The van der Waals surface area contributed by atoms with Gasteiger partial charge in [-0.05, 0) is 39.2 Å². The van der Waals surface area contributed by atoms with Crippen molar-refractivity contribution in [2.24, 2.45) is 0 Å². The Bertz CT molecular complexity index is 585. The Morgan fingerprint density at radius 3 is 1.90 bits per heavy atom. The van der Waals surface area contributed by atoms with Crippen molar-refractivity contribution < 1.29 is 19.1 Å². The predicted octanol–water partition coefficient (Wildman–Crippen LogP) is 6.79. The molecule has 0 aromatic heterocycles. The SMILES string of the molecule is CC.CC.CC(C)(C)OC(=O)NC1(C(=O)OCc2ccccc2)CCCCCCC1. The summed E-state index contributed by atoms with van der Waals surface area (Å²) in [6.45, 7) is 13.6. The first-order valence-electron chi connectivity index (χ1n) is 11.5. The lowest BCUT2D eigenvalue weighted by molar-refractivity contribution is -0.154. The quantitative estimate of drug-likeness (QED) is 0.544. The number of nitrogens with one attached hydrogen (secondary N) is 1. The van der Waals surface area contributed by atoms with Crippen molar-refractivity contribution in [3.05, 3.63) is 35.9 Å². The fourth-order valence-electron chi connectivity index (χ4n) is 3.25. The van der Waals surface area contributed by atoms with Crippen molar-refractivity contribution in [3.63, 3.8) is 0 Å². The average molecular weight is 422 g/mol. The maximum atomic E-state index is 13.0. The second-order valence-electron chi connectivity index (χ2n) is 8.04. The molecule has 0 heterocycles. The third-order valence-electron chi connectivity index (χ3n) is 4.55. The van der Waals surface area contributed by atoms with Crippen LogP contribution >= 0.6 is 0 Å². The van der Waals surface area contributed by atoms with Gasteiger partial charge >= 0.3 is 12.1 Å². The van der Waals surface area contributed by atoms with Crippen LogP contribution in [0.25, 0.3) is 0 Å². The highest BCUT2D eigenvalue weighted by atomic mass is 16.6. The lowest BCUT2D eigenvalue weighted by Gasteiger charge is -2.34. The fraction of sp³-hybridized carbons (Fsp3) is 0.680. The van der Waals surface area contributed by atoms with Gasteiger partial charge in [0.2, 0.25) is 0 Å². The van der Waals surface area contributed by atoms with Gasteiger partial charge in [0.15, 0.2) is 0 Å². The number of carbonyl (C=O) groups is 2. The molecule has 1 fully saturated rings. The molecule has 1 aromatic carbocycles. The van der Waals surface area contributed by atoms with E-state index in [0.29, 0.717) is 12.8 Å². The first-order valence-corrected chi connectivity index (χ1v) is 11.5. The maximum absolute atomic E-state index is 13.0. The smallest absolute Gasteiger partial charge is 0.408 e. The van der Waals surface area contributed by atoms with Crippen molar-refractivity contribution in [3.8, 4) is 0 Å². The number of hydrogen-bond donors (Lipinski definition) is 1. The van der Waals surface area contributed by atoms with E-state index in [1.54, 1.807) is 0 Å². The highest BCUT2D eigenvalue weighted by Crippen LogP contribution is 2.28. The number of amides is 1. The van der Waals surface area contributed by atoms with Crippen molar-refractivity contribution in [1.82, 2.24) is 5.32 Å². The number of rotatable bonds is 4. The van der Waals surface area contributed by atoms with Gasteiger partial charge in [0.25, 0.3) is 0 Å². The minimum absolute atomic E-state index is 0.206. The first-order chi connectivity index (χ1) is 14.3. The van der Waals surface area contributed by atoms with E-state index >= 15 is 0 Å². The Hall–Kier alpha value is -2.04. The lowest BCUT2D eigenvalue weighted by atomic mass is 9.84. The molecule has 1 amide bonds. The van der Waals surface area contributed by atoms with Crippen molar-refractivity contribution >= 4 is 12.1 Å². The zero-order chi connectivity index (χ0) is 23.0. The van der Waals surface area contributed by atoms with Crippen LogP contribution in [0.4, 0.5) is 4.79 Å². The van der Waals surface area contributed by atoms with Crippen LogP contribution in [-0.4, -0.2) is 23.2 Å². The molecule has 1 N–H and O–H groups in total. The molecular weight excluding hydrogens is 378 g/mol. The summed E-state index contributed by atoms with van der Waals surface area (Å²) in [4.78, 5) is 25.3. The van der Waals surface area contributed by atoms with E-state index in [2.05, 4.69) is 5.32 Å². The highest BCUT2D eigenvalue weighted by molar-refractivity contribution is 5.86. The summed E-state index contributed by atoms with van der Waals surface area (Å²) in [5, 5.41) is 2.86. The molecule has 0 unspecified atom stereocenters. The fourth-order valence-corrected chi connectivity index (χ4v) is 3.25. The second kappa shape index (κ2) is 14.9. The topological polar surface area (TPSA) is 64.6 Å². The second-order valence-corrected chi connectivity index (χ2v) is 8.04. The average Bonchev–Trinajstić information content (AvgIpc) is 2.71. The molecule has 2 rings (SSSR count). The Balaban J connectivity index is 0.00000198. The third-order valence-corrected chi connectivity index (χ3v) is 4.55. The number of esters is 1. The van der Waals surface area contributed by atoms with E-state index in [1.165, 1.54) is 6.42 Å². The zero-order valence-corrected chi connectivity index (χ0v) is 20.2. The van der Waals surface area contributed by atoms with Gasteiger partial charge in [-0.3, -0.25) is 0 Å². The van der Waals surface area contributed by atoms with Crippen LogP contribution in [0.1, 0.15) is 99.0 Å². The van der Waals surface area contributed by atoms with Crippen molar-refractivity contribution in [1.29, 1.82) is 0 Å².